The second kappa shape index (κ2) is 9.01. The number of carbonyl (C=O) groups excluding carboxylic acids is 2. The van der Waals surface area contributed by atoms with E-state index < -0.39 is 20.5 Å². The maximum atomic E-state index is 13.7. The lowest BCUT2D eigenvalue weighted by molar-refractivity contribution is -0.118. The van der Waals surface area contributed by atoms with Gasteiger partial charge in [0.1, 0.15) is 0 Å². The van der Waals surface area contributed by atoms with Crippen LogP contribution in [0.15, 0.2) is 41.3 Å². The van der Waals surface area contributed by atoms with Gasteiger partial charge in [0.05, 0.1) is 15.6 Å². The van der Waals surface area contributed by atoms with E-state index in [0.717, 1.165) is 5.56 Å². The molecular formula is C23H27ClN2O4S. The van der Waals surface area contributed by atoms with Crippen molar-refractivity contribution in [2.24, 2.45) is 0 Å². The van der Waals surface area contributed by atoms with Crippen molar-refractivity contribution >= 4 is 44.6 Å². The number of rotatable bonds is 6. The van der Waals surface area contributed by atoms with E-state index in [1.165, 1.54) is 0 Å². The van der Waals surface area contributed by atoms with Crippen LogP contribution >= 0.6 is 11.6 Å². The normalized spacial score (nSPS) is 15.5. The molecule has 8 heteroatoms. The Balaban J connectivity index is 1.99. The van der Waals surface area contributed by atoms with Crippen molar-refractivity contribution in [1.82, 2.24) is 0 Å². The quantitative estimate of drug-likeness (QED) is 0.629. The van der Waals surface area contributed by atoms with Gasteiger partial charge < -0.3 is 10.6 Å². The summed E-state index contributed by atoms with van der Waals surface area (Å²) in [5.41, 5.74) is 2.18. The molecule has 2 aromatic carbocycles. The van der Waals surface area contributed by atoms with Gasteiger partial charge in [-0.05, 0) is 62.1 Å². The third-order valence-electron chi connectivity index (χ3n) is 5.79. The van der Waals surface area contributed by atoms with E-state index in [1.807, 2.05) is 13.0 Å². The van der Waals surface area contributed by atoms with Crippen LogP contribution in [-0.4, -0.2) is 25.0 Å². The number of halogens is 1. The summed E-state index contributed by atoms with van der Waals surface area (Å²) in [5, 5.41) is 5.71. The fourth-order valence-electron chi connectivity index (χ4n) is 3.96. The number of benzene rings is 2. The lowest BCUT2D eigenvalue weighted by Crippen LogP contribution is -2.47. The monoisotopic (exact) mass is 462 g/mol. The highest BCUT2D eigenvalue weighted by molar-refractivity contribution is 7.93. The van der Waals surface area contributed by atoms with Crippen LogP contribution in [0.3, 0.4) is 0 Å². The molecule has 0 heterocycles. The lowest BCUT2D eigenvalue weighted by Gasteiger charge is -2.29. The summed E-state index contributed by atoms with van der Waals surface area (Å²) in [6.45, 7) is 5.30. The summed E-state index contributed by atoms with van der Waals surface area (Å²) in [6, 6.07) is 9.98. The van der Waals surface area contributed by atoms with E-state index in [2.05, 4.69) is 10.6 Å². The van der Waals surface area contributed by atoms with E-state index in [4.69, 9.17) is 11.6 Å². The maximum Gasteiger partial charge on any atom is 0.246 e. The number of aryl methyl sites for hydroxylation is 2. The Bertz CT molecular complexity index is 1120. The van der Waals surface area contributed by atoms with Crippen LogP contribution in [0.1, 0.15) is 50.2 Å². The number of carbonyl (C=O) groups is 2. The summed E-state index contributed by atoms with van der Waals surface area (Å²) in [6.07, 6.45) is 2.11. The van der Waals surface area contributed by atoms with Gasteiger partial charge in [-0.2, -0.15) is 0 Å². The van der Waals surface area contributed by atoms with Gasteiger partial charge in [0, 0.05) is 12.1 Å². The maximum absolute atomic E-state index is 13.7. The van der Waals surface area contributed by atoms with Crippen molar-refractivity contribution in [1.29, 1.82) is 0 Å². The first-order chi connectivity index (χ1) is 14.6. The number of nitrogens with one attached hydrogen (secondary N) is 2. The largest absolute Gasteiger partial charge is 0.326 e. The molecule has 0 atom stereocenters. The van der Waals surface area contributed by atoms with Gasteiger partial charge in [0.15, 0.2) is 14.6 Å². The number of anilines is 2. The van der Waals surface area contributed by atoms with Gasteiger partial charge in [-0.15, -0.1) is 0 Å². The zero-order chi connectivity index (χ0) is 22.8. The van der Waals surface area contributed by atoms with Crippen molar-refractivity contribution in [2.45, 2.75) is 62.5 Å². The standard InChI is InChI=1S/C23H27ClN2O4S/c1-4-21(27)25-17-9-10-18(24)19(14-17)26-22(28)23(11-5-6-12-23)31(29,30)20-13-15(2)7-8-16(20)3/h7-10,13-14H,4-6,11-12H2,1-3H3,(H,25,27)(H,26,28). The Morgan fingerprint density at radius 2 is 1.71 bits per heavy atom. The van der Waals surface area contributed by atoms with Gasteiger partial charge in [-0.3, -0.25) is 9.59 Å². The highest BCUT2D eigenvalue weighted by Crippen LogP contribution is 2.43. The number of amides is 2. The van der Waals surface area contributed by atoms with Gasteiger partial charge in [0.25, 0.3) is 0 Å². The molecule has 3 rings (SSSR count). The molecule has 0 saturated heterocycles. The van der Waals surface area contributed by atoms with Crippen molar-refractivity contribution < 1.29 is 18.0 Å². The molecular weight excluding hydrogens is 436 g/mol. The second-order valence-corrected chi connectivity index (χ2v) is 10.7. The van der Waals surface area contributed by atoms with Gasteiger partial charge in [-0.1, -0.05) is 43.5 Å². The van der Waals surface area contributed by atoms with Gasteiger partial charge in [-0.25, -0.2) is 8.42 Å². The number of sulfone groups is 1. The van der Waals surface area contributed by atoms with Gasteiger partial charge in [0.2, 0.25) is 11.8 Å². The van der Waals surface area contributed by atoms with Crippen molar-refractivity contribution in [3.8, 4) is 0 Å². The molecule has 0 radical (unpaired) electrons. The molecule has 0 spiro atoms. The molecule has 1 fully saturated rings. The van der Waals surface area contributed by atoms with E-state index in [9.17, 15) is 18.0 Å². The Morgan fingerprint density at radius 1 is 1.03 bits per heavy atom. The molecule has 2 N–H and O–H groups in total. The predicted octanol–water partition coefficient (Wildman–Crippen LogP) is 5.03. The van der Waals surface area contributed by atoms with Crippen LogP contribution < -0.4 is 10.6 Å². The molecule has 166 valence electrons. The number of hydrogen-bond donors (Lipinski definition) is 2. The van der Waals surface area contributed by atoms with Crippen LogP contribution in [0.25, 0.3) is 0 Å². The Labute approximate surface area is 188 Å². The average Bonchev–Trinajstić information content (AvgIpc) is 3.24. The third kappa shape index (κ3) is 4.48. The van der Waals surface area contributed by atoms with Crippen LogP contribution in [-0.2, 0) is 19.4 Å². The van der Waals surface area contributed by atoms with Crippen LogP contribution in [0.5, 0.6) is 0 Å². The number of hydrogen-bond acceptors (Lipinski definition) is 4. The molecule has 0 aromatic heterocycles. The summed E-state index contributed by atoms with van der Waals surface area (Å²) in [7, 11) is -3.94. The zero-order valence-electron chi connectivity index (χ0n) is 17.9. The third-order valence-corrected chi connectivity index (χ3v) is 8.76. The molecule has 6 nitrogen and oxygen atoms in total. The van der Waals surface area contributed by atoms with Crippen LogP contribution in [0.2, 0.25) is 5.02 Å². The molecule has 1 aliphatic rings. The average molecular weight is 463 g/mol. The zero-order valence-corrected chi connectivity index (χ0v) is 19.5. The summed E-state index contributed by atoms with van der Waals surface area (Å²) in [4.78, 5) is 25.3. The SMILES string of the molecule is CCC(=O)Nc1ccc(Cl)c(NC(=O)C2(S(=O)(=O)c3cc(C)ccc3C)CCCC2)c1. The molecule has 2 amide bonds. The highest BCUT2D eigenvalue weighted by Gasteiger charge is 2.53. The van der Waals surface area contributed by atoms with Crippen molar-refractivity contribution in [3.05, 3.63) is 52.5 Å². The van der Waals surface area contributed by atoms with E-state index >= 15 is 0 Å². The summed E-state index contributed by atoms with van der Waals surface area (Å²) >= 11 is 6.26. The van der Waals surface area contributed by atoms with E-state index in [0.29, 0.717) is 30.5 Å². The predicted molar refractivity (Wildman–Crippen MR) is 123 cm³/mol. The fourth-order valence-corrected chi connectivity index (χ4v) is 6.50. The molecule has 0 aliphatic heterocycles. The minimum atomic E-state index is -3.94. The fraction of sp³-hybridized carbons (Fsp3) is 0.391. The molecule has 1 aliphatic carbocycles. The Hall–Kier alpha value is -2.38. The molecule has 0 unspecified atom stereocenters. The van der Waals surface area contributed by atoms with Crippen LogP contribution in [0.4, 0.5) is 11.4 Å². The molecule has 1 saturated carbocycles. The Morgan fingerprint density at radius 3 is 2.35 bits per heavy atom. The van der Waals surface area contributed by atoms with E-state index in [-0.39, 0.29) is 34.4 Å². The van der Waals surface area contributed by atoms with Crippen molar-refractivity contribution in [3.63, 3.8) is 0 Å². The van der Waals surface area contributed by atoms with Crippen molar-refractivity contribution in [2.75, 3.05) is 10.6 Å². The topological polar surface area (TPSA) is 92.3 Å². The summed E-state index contributed by atoms with van der Waals surface area (Å²) in [5.74, 6) is -0.767. The first-order valence-electron chi connectivity index (χ1n) is 10.3. The van der Waals surface area contributed by atoms with Gasteiger partial charge >= 0.3 is 0 Å². The first-order valence-corrected chi connectivity index (χ1v) is 12.2. The molecule has 0 bridgehead atoms. The smallest absolute Gasteiger partial charge is 0.246 e. The minimum absolute atomic E-state index is 0.177. The molecule has 2 aromatic rings. The Kier molecular flexibility index (Phi) is 6.76. The molecule has 31 heavy (non-hydrogen) atoms. The van der Waals surface area contributed by atoms with E-state index in [1.54, 1.807) is 44.2 Å². The summed E-state index contributed by atoms with van der Waals surface area (Å²) < 4.78 is 25.9. The first kappa shape index (κ1) is 23.3. The second-order valence-electron chi connectivity index (χ2n) is 8.02. The minimum Gasteiger partial charge on any atom is -0.326 e. The lowest BCUT2D eigenvalue weighted by atomic mass is 10.1. The van der Waals surface area contributed by atoms with Crippen LogP contribution in [0, 0.1) is 13.8 Å². The highest BCUT2D eigenvalue weighted by atomic mass is 35.5.